The van der Waals surface area contributed by atoms with Crippen molar-refractivity contribution in [2.24, 2.45) is 0 Å². The second kappa shape index (κ2) is 8.05. The monoisotopic (exact) mass is 435 g/mol. The number of ether oxygens (including phenoxy) is 1. The van der Waals surface area contributed by atoms with Gasteiger partial charge in [0, 0.05) is 25.0 Å². The molecule has 1 fully saturated rings. The SMILES string of the molecule is O=C1C(Cl)=C(c2cnc(N3CCOCC3)s2)C(=O)C(Cl)=C1Nc1ccccc1. The molecule has 1 N–H and O–H groups in total. The highest BCUT2D eigenvalue weighted by Gasteiger charge is 2.35. The molecule has 1 aromatic carbocycles. The molecule has 1 aliphatic heterocycles. The number of carbonyl (C=O) groups is 2. The second-order valence-electron chi connectivity index (χ2n) is 6.13. The van der Waals surface area contributed by atoms with Crippen LogP contribution in [-0.2, 0) is 14.3 Å². The van der Waals surface area contributed by atoms with Gasteiger partial charge in [0.1, 0.15) is 15.8 Å². The summed E-state index contributed by atoms with van der Waals surface area (Å²) in [5.41, 5.74) is 0.703. The van der Waals surface area contributed by atoms with Crippen molar-refractivity contribution in [3.63, 3.8) is 0 Å². The van der Waals surface area contributed by atoms with E-state index >= 15 is 0 Å². The number of halogens is 2. The van der Waals surface area contributed by atoms with Gasteiger partial charge in [0.05, 0.1) is 23.7 Å². The number of thiazole rings is 1. The van der Waals surface area contributed by atoms with Crippen LogP contribution in [0.15, 0.2) is 52.3 Å². The minimum absolute atomic E-state index is 0.0236. The predicted octanol–water partition coefficient (Wildman–Crippen LogP) is 3.64. The summed E-state index contributed by atoms with van der Waals surface area (Å²) in [6.07, 6.45) is 1.55. The van der Waals surface area contributed by atoms with Gasteiger partial charge in [-0.1, -0.05) is 52.7 Å². The molecule has 0 radical (unpaired) electrons. The normalized spacial score (nSPS) is 18.1. The molecule has 1 aromatic heterocycles. The van der Waals surface area contributed by atoms with Crippen molar-refractivity contribution in [3.8, 4) is 0 Å². The first kappa shape index (κ1) is 19.1. The quantitative estimate of drug-likeness (QED) is 0.738. The van der Waals surface area contributed by atoms with Crippen molar-refractivity contribution < 1.29 is 14.3 Å². The number of benzene rings is 1. The van der Waals surface area contributed by atoms with Gasteiger partial charge >= 0.3 is 0 Å². The van der Waals surface area contributed by atoms with Crippen LogP contribution in [0, 0.1) is 0 Å². The zero-order valence-corrected chi connectivity index (χ0v) is 16.9. The third-order valence-electron chi connectivity index (χ3n) is 4.36. The number of carbonyl (C=O) groups excluding carboxylic acids is 2. The van der Waals surface area contributed by atoms with Crippen LogP contribution in [0.25, 0.3) is 5.57 Å². The Balaban J connectivity index is 1.63. The molecule has 1 saturated heterocycles. The van der Waals surface area contributed by atoms with E-state index < -0.39 is 11.6 Å². The number of hydrogen-bond acceptors (Lipinski definition) is 7. The lowest BCUT2D eigenvalue weighted by Gasteiger charge is -2.26. The fourth-order valence-electron chi connectivity index (χ4n) is 2.92. The molecule has 0 unspecified atom stereocenters. The fraction of sp³-hybridized carbons (Fsp3) is 0.211. The highest BCUT2D eigenvalue weighted by Crippen LogP contribution is 2.38. The summed E-state index contributed by atoms with van der Waals surface area (Å²) in [6, 6.07) is 8.98. The van der Waals surface area contributed by atoms with E-state index in [0.29, 0.717) is 23.8 Å². The Bertz CT molecular complexity index is 995. The third kappa shape index (κ3) is 3.58. The summed E-state index contributed by atoms with van der Waals surface area (Å²) in [6.45, 7) is 2.69. The number of rotatable bonds is 4. The number of ketones is 2. The first-order valence-corrected chi connectivity index (χ1v) is 10.1. The Labute approximate surface area is 175 Å². The summed E-state index contributed by atoms with van der Waals surface area (Å²) < 4.78 is 5.34. The fourth-order valence-corrected chi connectivity index (χ4v) is 4.51. The van der Waals surface area contributed by atoms with Gasteiger partial charge in [-0.05, 0) is 12.1 Å². The number of morpholine rings is 1. The van der Waals surface area contributed by atoms with E-state index in [1.165, 1.54) is 11.3 Å². The highest BCUT2D eigenvalue weighted by atomic mass is 35.5. The maximum Gasteiger partial charge on any atom is 0.223 e. The molecule has 4 rings (SSSR count). The smallest absolute Gasteiger partial charge is 0.223 e. The molecule has 0 spiro atoms. The van der Waals surface area contributed by atoms with Gasteiger partial charge < -0.3 is 15.0 Å². The van der Waals surface area contributed by atoms with E-state index in [4.69, 9.17) is 27.9 Å². The number of aromatic nitrogens is 1. The average molecular weight is 436 g/mol. The Morgan fingerprint density at radius 1 is 1.04 bits per heavy atom. The standard InChI is InChI=1S/C19H15Cl2N3O3S/c20-14-13(12-10-22-19(28-12)24-6-8-27-9-7-24)17(25)15(21)16(18(14)26)23-11-4-2-1-3-5-11/h1-5,10,23H,6-9H2. The summed E-state index contributed by atoms with van der Waals surface area (Å²) in [5.74, 6) is -1.02. The van der Waals surface area contributed by atoms with E-state index in [1.807, 2.05) is 6.07 Å². The van der Waals surface area contributed by atoms with Crippen LogP contribution in [0.3, 0.4) is 0 Å². The van der Waals surface area contributed by atoms with Crippen LogP contribution >= 0.6 is 34.5 Å². The van der Waals surface area contributed by atoms with Crippen molar-refractivity contribution in [2.45, 2.75) is 0 Å². The average Bonchev–Trinajstić information content (AvgIpc) is 3.21. The summed E-state index contributed by atoms with van der Waals surface area (Å²) >= 11 is 13.9. The molecule has 2 aromatic rings. The van der Waals surface area contributed by atoms with Crippen molar-refractivity contribution >= 4 is 62.5 Å². The lowest BCUT2D eigenvalue weighted by molar-refractivity contribution is -0.114. The summed E-state index contributed by atoms with van der Waals surface area (Å²) in [5, 5.41) is 3.30. The van der Waals surface area contributed by atoms with Crippen molar-refractivity contribution in [1.82, 2.24) is 4.98 Å². The second-order valence-corrected chi connectivity index (χ2v) is 7.90. The molecule has 0 atom stereocenters. The minimum Gasteiger partial charge on any atom is -0.378 e. The largest absolute Gasteiger partial charge is 0.378 e. The van der Waals surface area contributed by atoms with E-state index in [-0.39, 0.29) is 21.3 Å². The molecular formula is C19H15Cl2N3O3S. The van der Waals surface area contributed by atoms with Crippen molar-refractivity contribution in [3.05, 3.63) is 57.2 Å². The molecule has 6 nitrogen and oxygen atoms in total. The number of nitrogens with one attached hydrogen (secondary N) is 1. The van der Waals surface area contributed by atoms with Gasteiger partial charge in [0.2, 0.25) is 11.6 Å². The van der Waals surface area contributed by atoms with E-state index in [1.54, 1.807) is 30.5 Å². The van der Waals surface area contributed by atoms with Crippen molar-refractivity contribution in [1.29, 1.82) is 0 Å². The first-order valence-electron chi connectivity index (χ1n) is 8.56. The maximum atomic E-state index is 12.9. The van der Waals surface area contributed by atoms with Gasteiger partial charge in [-0.25, -0.2) is 4.98 Å². The molecule has 1 aliphatic carbocycles. The Morgan fingerprint density at radius 3 is 2.46 bits per heavy atom. The maximum absolute atomic E-state index is 12.9. The number of anilines is 2. The zero-order valence-electron chi connectivity index (χ0n) is 14.6. The number of Topliss-reactive ketones (excluding diaryl/α,β-unsaturated/α-hetero) is 2. The van der Waals surface area contributed by atoms with Crippen LogP contribution in [0.4, 0.5) is 10.8 Å². The van der Waals surface area contributed by atoms with Gasteiger partial charge in [-0.3, -0.25) is 9.59 Å². The molecular weight excluding hydrogens is 421 g/mol. The summed E-state index contributed by atoms with van der Waals surface area (Å²) in [4.78, 5) is 32.6. The number of nitrogens with zero attached hydrogens (tertiary/aromatic N) is 2. The Morgan fingerprint density at radius 2 is 1.75 bits per heavy atom. The molecule has 144 valence electrons. The van der Waals surface area contributed by atoms with Gasteiger partial charge in [0.15, 0.2) is 5.13 Å². The molecule has 2 aliphatic rings. The molecule has 0 amide bonds. The van der Waals surface area contributed by atoms with Crippen LogP contribution in [0.2, 0.25) is 0 Å². The van der Waals surface area contributed by atoms with Gasteiger partial charge in [-0.2, -0.15) is 0 Å². The molecule has 9 heteroatoms. The van der Waals surface area contributed by atoms with E-state index in [2.05, 4.69) is 15.2 Å². The predicted molar refractivity (Wildman–Crippen MR) is 111 cm³/mol. The van der Waals surface area contributed by atoms with Gasteiger partial charge in [-0.15, -0.1) is 0 Å². The lowest BCUT2D eigenvalue weighted by Crippen LogP contribution is -2.36. The van der Waals surface area contributed by atoms with Gasteiger partial charge in [0.25, 0.3) is 0 Å². The zero-order chi connectivity index (χ0) is 19.7. The van der Waals surface area contributed by atoms with Crippen LogP contribution < -0.4 is 10.2 Å². The lowest BCUT2D eigenvalue weighted by atomic mass is 9.99. The minimum atomic E-state index is -0.522. The van der Waals surface area contributed by atoms with Crippen molar-refractivity contribution in [2.75, 3.05) is 36.5 Å². The number of hydrogen-bond donors (Lipinski definition) is 1. The topological polar surface area (TPSA) is 71.5 Å². The first-order chi connectivity index (χ1) is 13.6. The number of para-hydroxylation sites is 1. The molecule has 2 heterocycles. The van der Waals surface area contributed by atoms with Crippen LogP contribution in [-0.4, -0.2) is 42.9 Å². The molecule has 0 bridgehead atoms. The van der Waals surface area contributed by atoms with Crippen LogP contribution in [0.5, 0.6) is 0 Å². The highest BCUT2D eigenvalue weighted by molar-refractivity contribution is 7.17. The van der Waals surface area contributed by atoms with Crippen LogP contribution in [0.1, 0.15) is 4.88 Å². The third-order valence-corrected chi connectivity index (χ3v) is 6.15. The Kier molecular flexibility index (Phi) is 5.50. The van der Waals surface area contributed by atoms with E-state index in [0.717, 1.165) is 18.2 Å². The summed E-state index contributed by atoms with van der Waals surface area (Å²) in [7, 11) is 0. The Hall–Kier alpha value is -2.19. The number of allylic oxidation sites excluding steroid dienone is 3. The van der Waals surface area contributed by atoms with E-state index in [9.17, 15) is 9.59 Å². The molecule has 28 heavy (non-hydrogen) atoms. The molecule has 0 saturated carbocycles.